The van der Waals surface area contributed by atoms with E-state index in [1.54, 1.807) is 12.1 Å². The zero-order chi connectivity index (χ0) is 16.2. The van der Waals surface area contributed by atoms with Crippen LogP contribution in [0, 0.1) is 0 Å². The summed E-state index contributed by atoms with van der Waals surface area (Å²) >= 11 is 1.52. The minimum absolute atomic E-state index is 0.0662. The van der Waals surface area contributed by atoms with Crippen molar-refractivity contribution in [3.05, 3.63) is 59.6 Å². The van der Waals surface area contributed by atoms with Gasteiger partial charge in [0.25, 0.3) is 0 Å². The quantitative estimate of drug-likeness (QED) is 0.737. The molecule has 4 nitrogen and oxygen atoms in total. The minimum Gasteiger partial charge on any atom is -0.508 e. The van der Waals surface area contributed by atoms with E-state index in [-0.39, 0.29) is 12.2 Å². The Bertz CT molecular complexity index is 810. The molecule has 2 aromatic carbocycles. The van der Waals surface area contributed by atoms with Crippen LogP contribution < -0.4 is 0 Å². The first-order valence-electron chi connectivity index (χ1n) is 7.20. The van der Waals surface area contributed by atoms with Crippen molar-refractivity contribution < 1.29 is 15.0 Å². The molecule has 0 atom stereocenters. The second-order valence-corrected chi connectivity index (χ2v) is 6.18. The average Bonchev–Trinajstić information content (AvgIpc) is 2.99. The zero-order valence-corrected chi connectivity index (χ0v) is 13.1. The van der Waals surface area contributed by atoms with E-state index in [9.17, 15) is 9.90 Å². The number of hydrogen-bond donors (Lipinski definition) is 2. The fraction of sp³-hybridized carbons (Fsp3) is 0.111. The molecule has 0 fully saturated rings. The molecular weight excluding hydrogens is 310 g/mol. The number of aromatic nitrogens is 1. The van der Waals surface area contributed by atoms with E-state index in [0.717, 1.165) is 26.7 Å². The Balaban J connectivity index is 2.05. The van der Waals surface area contributed by atoms with Gasteiger partial charge in [0.05, 0.1) is 22.0 Å². The molecule has 116 valence electrons. The average molecular weight is 325 g/mol. The Morgan fingerprint density at radius 3 is 2.35 bits per heavy atom. The van der Waals surface area contributed by atoms with Crippen LogP contribution >= 0.6 is 11.3 Å². The number of carboxylic acids is 1. The third-order valence-electron chi connectivity index (χ3n) is 3.40. The first-order chi connectivity index (χ1) is 11.1. The first-order valence-corrected chi connectivity index (χ1v) is 8.01. The maximum atomic E-state index is 10.8. The van der Waals surface area contributed by atoms with Gasteiger partial charge in [-0.2, -0.15) is 0 Å². The lowest BCUT2D eigenvalue weighted by molar-refractivity contribution is -0.136. The molecule has 1 heterocycles. The molecule has 3 aromatic rings. The number of carbonyl (C=O) groups is 1. The predicted octanol–water partition coefficient (Wildman–Crippen LogP) is 4.20. The molecule has 5 heteroatoms. The number of hydrogen-bond acceptors (Lipinski definition) is 4. The van der Waals surface area contributed by atoms with Crippen molar-refractivity contribution in [1.29, 1.82) is 0 Å². The molecule has 0 aliphatic heterocycles. The molecule has 0 aliphatic carbocycles. The summed E-state index contributed by atoms with van der Waals surface area (Å²) in [5.74, 6) is -0.621. The van der Waals surface area contributed by atoms with Crippen molar-refractivity contribution in [1.82, 2.24) is 4.98 Å². The molecule has 0 saturated heterocycles. The predicted molar refractivity (Wildman–Crippen MR) is 90.6 cm³/mol. The van der Waals surface area contributed by atoms with E-state index in [4.69, 9.17) is 5.11 Å². The minimum atomic E-state index is -0.826. The van der Waals surface area contributed by atoms with Gasteiger partial charge in [-0.25, -0.2) is 4.98 Å². The monoisotopic (exact) mass is 325 g/mol. The van der Waals surface area contributed by atoms with Crippen molar-refractivity contribution in [2.75, 3.05) is 0 Å². The Kier molecular flexibility index (Phi) is 4.39. The van der Waals surface area contributed by atoms with Crippen LogP contribution in [0.2, 0.25) is 0 Å². The molecule has 2 N–H and O–H groups in total. The first kappa shape index (κ1) is 15.2. The van der Waals surface area contributed by atoms with E-state index in [1.165, 1.54) is 11.3 Å². The summed E-state index contributed by atoms with van der Waals surface area (Å²) in [6.45, 7) is 0. The van der Waals surface area contributed by atoms with Crippen LogP contribution in [0.25, 0.3) is 21.7 Å². The van der Waals surface area contributed by atoms with Gasteiger partial charge in [0.2, 0.25) is 0 Å². The Labute approximate surface area is 137 Å². The molecular formula is C18H15NO3S. The van der Waals surface area contributed by atoms with Crippen molar-refractivity contribution in [3.8, 4) is 27.4 Å². The highest BCUT2D eigenvalue weighted by Crippen LogP contribution is 2.37. The van der Waals surface area contributed by atoms with Crippen molar-refractivity contribution in [2.24, 2.45) is 0 Å². The summed E-state index contributed by atoms with van der Waals surface area (Å²) in [5.41, 5.74) is 2.77. The van der Waals surface area contributed by atoms with Crippen LogP contribution in [-0.4, -0.2) is 21.2 Å². The van der Waals surface area contributed by atoms with Gasteiger partial charge in [0.15, 0.2) is 0 Å². The van der Waals surface area contributed by atoms with E-state index in [2.05, 4.69) is 4.98 Å². The molecule has 23 heavy (non-hydrogen) atoms. The third kappa shape index (κ3) is 3.57. The van der Waals surface area contributed by atoms with Gasteiger partial charge < -0.3 is 10.2 Å². The van der Waals surface area contributed by atoms with Crippen LogP contribution in [-0.2, 0) is 11.2 Å². The number of phenolic OH excluding ortho intramolecular Hbond substituents is 1. The lowest BCUT2D eigenvalue weighted by atomic mass is 10.1. The Morgan fingerprint density at radius 2 is 1.70 bits per heavy atom. The topological polar surface area (TPSA) is 70.4 Å². The number of phenols is 1. The van der Waals surface area contributed by atoms with Crippen LogP contribution in [0.15, 0.2) is 54.6 Å². The number of carboxylic acid groups (broad SMARTS) is 1. The highest BCUT2D eigenvalue weighted by atomic mass is 32.1. The van der Waals surface area contributed by atoms with Gasteiger partial charge >= 0.3 is 5.97 Å². The number of benzene rings is 2. The summed E-state index contributed by atoms with van der Waals surface area (Å²) in [6, 6.07) is 16.8. The molecule has 0 aliphatic rings. The van der Waals surface area contributed by atoms with Crippen LogP contribution in [0.5, 0.6) is 5.75 Å². The highest BCUT2D eigenvalue weighted by molar-refractivity contribution is 7.15. The highest BCUT2D eigenvalue weighted by Gasteiger charge is 2.15. The standard InChI is InChI=1S/C18H15NO3S/c20-14-8-6-12(7-9-14)17-18(13-4-2-1-3-5-13)23-15(19-17)10-11-16(21)22/h1-9,20H,10-11H2,(H,21,22). The second-order valence-electron chi connectivity index (χ2n) is 5.09. The molecule has 0 amide bonds. The van der Waals surface area contributed by atoms with Crippen LogP contribution in [0.3, 0.4) is 0 Å². The van der Waals surface area contributed by atoms with Crippen molar-refractivity contribution in [2.45, 2.75) is 12.8 Å². The van der Waals surface area contributed by atoms with E-state index >= 15 is 0 Å². The number of aryl methyl sites for hydroxylation is 1. The van der Waals surface area contributed by atoms with Crippen LogP contribution in [0.4, 0.5) is 0 Å². The maximum Gasteiger partial charge on any atom is 0.303 e. The van der Waals surface area contributed by atoms with Crippen molar-refractivity contribution >= 4 is 17.3 Å². The molecule has 1 aromatic heterocycles. The van der Waals surface area contributed by atoms with E-state index in [1.807, 2.05) is 42.5 Å². The Hall–Kier alpha value is -2.66. The molecule has 0 saturated carbocycles. The normalized spacial score (nSPS) is 10.6. The lowest BCUT2D eigenvalue weighted by Gasteiger charge is -2.03. The molecule has 0 radical (unpaired) electrons. The van der Waals surface area contributed by atoms with Gasteiger partial charge in [-0.15, -0.1) is 11.3 Å². The van der Waals surface area contributed by atoms with Gasteiger partial charge in [-0.05, 0) is 29.8 Å². The molecule has 0 bridgehead atoms. The Morgan fingerprint density at radius 1 is 1.00 bits per heavy atom. The fourth-order valence-corrected chi connectivity index (χ4v) is 3.38. The lowest BCUT2D eigenvalue weighted by Crippen LogP contribution is -1.96. The summed E-state index contributed by atoms with van der Waals surface area (Å²) in [7, 11) is 0. The number of thiazole rings is 1. The van der Waals surface area contributed by atoms with Crippen molar-refractivity contribution in [3.63, 3.8) is 0 Å². The number of aromatic hydroxyl groups is 1. The number of nitrogens with zero attached hydrogens (tertiary/aromatic N) is 1. The van der Waals surface area contributed by atoms with Crippen LogP contribution in [0.1, 0.15) is 11.4 Å². The van der Waals surface area contributed by atoms with E-state index in [0.29, 0.717) is 6.42 Å². The molecule has 0 spiro atoms. The fourth-order valence-electron chi connectivity index (χ4n) is 2.29. The van der Waals surface area contributed by atoms with Gasteiger partial charge in [0, 0.05) is 12.0 Å². The molecule has 0 unspecified atom stereocenters. The maximum absolute atomic E-state index is 10.8. The van der Waals surface area contributed by atoms with Gasteiger partial charge in [-0.3, -0.25) is 4.79 Å². The summed E-state index contributed by atoms with van der Waals surface area (Å²) < 4.78 is 0. The summed E-state index contributed by atoms with van der Waals surface area (Å²) in [6.07, 6.45) is 0.481. The second kappa shape index (κ2) is 6.62. The smallest absolute Gasteiger partial charge is 0.303 e. The van der Waals surface area contributed by atoms with Gasteiger partial charge in [-0.1, -0.05) is 30.3 Å². The summed E-state index contributed by atoms with van der Waals surface area (Å²) in [4.78, 5) is 16.4. The zero-order valence-electron chi connectivity index (χ0n) is 12.3. The number of rotatable bonds is 5. The third-order valence-corrected chi connectivity index (χ3v) is 4.57. The molecule has 3 rings (SSSR count). The number of aliphatic carboxylic acids is 1. The summed E-state index contributed by atoms with van der Waals surface area (Å²) in [5, 5.41) is 19.1. The SMILES string of the molecule is O=C(O)CCc1nc(-c2ccc(O)cc2)c(-c2ccccc2)s1. The van der Waals surface area contributed by atoms with E-state index < -0.39 is 5.97 Å². The van der Waals surface area contributed by atoms with Gasteiger partial charge in [0.1, 0.15) is 5.75 Å². The largest absolute Gasteiger partial charge is 0.508 e.